The largest absolute Gasteiger partial charge is 0.489 e. The molecule has 1 aliphatic heterocycles. The van der Waals surface area contributed by atoms with Crippen molar-refractivity contribution in [3.63, 3.8) is 0 Å². The van der Waals surface area contributed by atoms with Crippen molar-refractivity contribution in [3.8, 4) is 22.8 Å². The molecule has 4 N–H and O–H groups in total. The number of pyridine rings is 2. The number of fused-ring (bicyclic) bond motifs is 2. The number of primary amides is 1. The maximum atomic E-state index is 14.7. The van der Waals surface area contributed by atoms with E-state index in [-0.39, 0.29) is 45.6 Å². The van der Waals surface area contributed by atoms with Crippen LogP contribution in [0.4, 0.5) is 26.3 Å². The lowest BCUT2D eigenvalue weighted by atomic mass is 9.81. The molecule has 0 saturated heterocycles. The Labute approximate surface area is 251 Å². The molecular weight excluding hydrogens is 610 g/mol. The first-order chi connectivity index (χ1) is 21.0. The van der Waals surface area contributed by atoms with Gasteiger partial charge in [-0.2, -0.15) is 22.0 Å². The Bertz CT molecular complexity index is 1820. The van der Waals surface area contributed by atoms with E-state index < -0.39 is 59.4 Å². The number of benzene rings is 2. The third-order valence-electron chi connectivity index (χ3n) is 7.51. The molecule has 2 atom stereocenters. The lowest BCUT2D eigenvalue weighted by molar-refractivity contribution is -0.265. The van der Waals surface area contributed by atoms with Crippen molar-refractivity contribution in [1.82, 2.24) is 15.3 Å². The van der Waals surface area contributed by atoms with Gasteiger partial charge in [0.15, 0.2) is 5.75 Å². The smallest absolute Gasteiger partial charge is 0.424 e. The molecule has 2 aromatic carbocycles. The number of hydrogen-bond acceptors (Lipinski definition) is 7. The first kappa shape index (κ1) is 31.5. The van der Waals surface area contributed by atoms with Crippen molar-refractivity contribution in [2.24, 2.45) is 5.73 Å². The fourth-order valence-electron chi connectivity index (χ4n) is 4.87. The SMILES string of the molecule is Cc1ccc2cc(C(=O)NC[C@](O)(c3cc4c(c(-c5ccc(F)cc5)n3)OC[C@]4(C)C(N)=O)C(F)(F)F)cc(OC(F)F)c2n1. The average molecular weight is 635 g/mol. The van der Waals surface area contributed by atoms with Crippen LogP contribution in [-0.4, -0.2) is 52.8 Å². The summed E-state index contributed by atoms with van der Waals surface area (Å²) < 4.78 is 94.0. The quantitative estimate of drug-likeness (QED) is 0.240. The first-order valence-electron chi connectivity index (χ1n) is 13.2. The van der Waals surface area contributed by atoms with Crippen molar-refractivity contribution in [2.45, 2.75) is 37.7 Å². The van der Waals surface area contributed by atoms with Crippen LogP contribution < -0.4 is 20.5 Å². The molecule has 4 aromatic rings. The van der Waals surface area contributed by atoms with Crippen molar-refractivity contribution in [2.75, 3.05) is 13.2 Å². The van der Waals surface area contributed by atoms with Gasteiger partial charge < -0.3 is 25.6 Å². The zero-order chi connectivity index (χ0) is 32.9. The van der Waals surface area contributed by atoms with E-state index in [0.717, 1.165) is 24.3 Å². The number of rotatable bonds is 8. The fourth-order valence-corrected chi connectivity index (χ4v) is 4.87. The zero-order valence-electron chi connectivity index (χ0n) is 23.5. The second-order valence-corrected chi connectivity index (χ2v) is 10.6. The second kappa shape index (κ2) is 11.2. The zero-order valence-corrected chi connectivity index (χ0v) is 23.5. The van der Waals surface area contributed by atoms with Gasteiger partial charge in [0.05, 0.1) is 12.2 Å². The number of nitrogens with zero attached hydrogens (tertiary/aromatic N) is 2. The Morgan fingerprint density at radius 2 is 1.80 bits per heavy atom. The van der Waals surface area contributed by atoms with Crippen LogP contribution in [-0.2, 0) is 15.8 Å². The summed E-state index contributed by atoms with van der Waals surface area (Å²) >= 11 is 0. The monoisotopic (exact) mass is 634 g/mol. The van der Waals surface area contributed by atoms with Gasteiger partial charge >= 0.3 is 12.8 Å². The summed E-state index contributed by atoms with van der Waals surface area (Å²) in [4.78, 5) is 33.6. The molecule has 0 aliphatic carbocycles. The minimum atomic E-state index is -5.46. The Morgan fingerprint density at radius 1 is 1.11 bits per heavy atom. The summed E-state index contributed by atoms with van der Waals surface area (Å²) in [7, 11) is 0. The third kappa shape index (κ3) is 5.70. The van der Waals surface area contributed by atoms with E-state index in [2.05, 4.69) is 14.7 Å². The van der Waals surface area contributed by atoms with Gasteiger partial charge in [-0.15, -0.1) is 0 Å². The van der Waals surface area contributed by atoms with Crippen LogP contribution >= 0.6 is 0 Å². The number of amides is 2. The Hall–Kier alpha value is -4.92. The van der Waals surface area contributed by atoms with Gasteiger partial charge in [0.25, 0.3) is 5.91 Å². The van der Waals surface area contributed by atoms with Crippen LogP contribution in [0.1, 0.15) is 34.2 Å². The van der Waals surface area contributed by atoms with E-state index in [9.17, 15) is 41.0 Å². The molecule has 5 rings (SSSR count). The predicted octanol–water partition coefficient (Wildman–Crippen LogP) is 4.66. The predicted molar refractivity (Wildman–Crippen MR) is 147 cm³/mol. The van der Waals surface area contributed by atoms with Crippen LogP contribution in [0, 0.1) is 12.7 Å². The van der Waals surface area contributed by atoms with E-state index in [1.165, 1.54) is 37.3 Å². The van der Waals surface area contributed by atoms with Gasteiger partial charge in [0, 0.05) is 27.8 Å². The average Bonchev–Trinajstić information content (AvgIpc) is 3.32. The summed E-state index contributed by atoms with van der Waals surface area (Å²) in [5.74, 6) is -3.34. The molecule has 0 fully saturated rings. The van der Waals surface area contributed by atoms with E-state index in [1.54, 1.807) is 6.92 Å². The Kier molecular flexibility index (Phi) is 7.85. The van der Waals surface area contributed by atoms with E-state index in [0.29, 0.717) is 5.69 Å². The third-order valence-corrected chi connectivity index (χ3v) is 7.51. The van der Waals surface area contributed by atoms with Gasteiger partial charge in [-0.05, 0) is 62.4 Å². The van der Waals surface area contributed by atoms with Gasteiger partial charge in [-0.1, -0.05) is 6.07 Å². The topological polar surface area (TPSA) is 137 Å². The van der Waals surface area contributed by atoms with Crippen LogP contribution in [0.3, 0.4) is 0 Å². The van der Waals surface area contributed by atoms with Crippen molar-refractivity contribution in [3.05, 3.63) is 82.9 Å². The van der Waals surface area contributed by atoms with Gasteiger partial charge in [-0.3, -0.25) is 9.59 Å². The fraction of sp³-hybridized carbons (Fsp3) is 0.267. The molecule has 0 saturated carbocycles. The highest BCUT2D eigenvalue weighted by molar-refractivity contribution is 6.00. The maximum Gasteiger partial charge on any atom is 0.424 e. The number of carbonyl (C=O) groups is 2. The molecule has 236 valence electrons. The Morgan fingerprint density at radius 3 is 2.42 bits per heavy atom. The molecule has 1 aliphatic rings. The molecule has 45 heavy (non-hydrogen) atoms. The molecule has 0 spiro atoms. The number of ether oxygens (including phenoxy) is 2. The number of alkyl halides is 5. The summed E-state index contributed by atoms with van der Waals surface area (Å²) in [5, 5.41) is 13.4. The van der Waals surface area contributed by atoms with Gasteiger partial charge in [-0.25, -0.2) is 14.4 Å². The molecule has 3 heterocycles. The standard InChI is InChI=1S/C30H24F6N4O5/c1-14-3-4-16-9-17(10-20(22(16)39-14)45-27(32)33)25(41)38-12-29(43,30(34,35)36)21-11-19-24(44-13-28(19,2)26(37)42)23(40-21)15-5-7-18(31)8-6-15/h3-11,27,43H,12-13H2,1-2H3,(H2,37,42)(H,38,41)/t28-,29-/m0/s1. The Balaban J connectivity index is 1.58. The molecular formula is C30H24F6N4O5. The van der Waals surface area contributed by atoms with Crippen molar-refractivity contribution >= 4 is 22.7 Å². The summed E-state index contributed by atoms with van der Waals surface area (Å²) in [6, 6.07) is 10.4. The van der Waals surface area contributed by atoms with Crippen LogP contribution in [0.25, 0.3) is 22.2 Å². The minimum absolute atomic E-state index is 0.00553. The van der Waals surface area contributed by atoms with Gasteiger partial charge in [0.2, 0.25) is 11.5 Å². The molecule has 15 heteroatoms. The molecule has 9 nitrogen and oxygen atoms in total. The summed E-state index contributed by atoms with van der Waals surface area (Å²) in [6.45, 7) is -2.20. The molecule has 0 radical (unpaired) electrons. The lowest BCUT2D eigenvalue weighted by Crippen LogP contribution is -2.51. The number of aryl methyl sites for hydroxylation is 1. The highest BCUT2D eigenvalue weighted by atomic mass is 19.4. The number of aromatic nitrogens is 2. The normalized spacial score (nSPS) is 17.5. The summed E-state index contributed by atoms with van der Waals surface area (Å²) in [6.07, 6.45) is -5.46. The molecule has 0 bridgehead atoms. The van der Waals surface area contributed by atoms with Crippen LogP contribution in [0.15, 0.2) is 54.6 Å². The van der Waals surface area contributed by atoms with E-state index in [4.69, 9.17) is 10.5 Å². The molecule has 0 unspecified atom stereocenters. The number of halogens is 6. The van der Waals surface area contributed by atoms with E-state index >= 15 is 0 Å². The van der Waals surface area contributed by atoms with Crippen LogP contribution in [0.5, 0.6) is 11.5 Å². The first-order valence-corrected chi connectivity index (χ1v) is 13.2. The molecule has 2 amide bonds. The minimum Gasteiger partial charge on any atom is -0.489 e. The highest BCUT2D eigenvalue weighted by Crippen LogP contribution is 2.47. The van der Waals surface area contributed by atoms with Crippen LogP contribution in [0.2, 0.25) is 0 Å². The number of nitrogens with two attached hydrogens (primary N) is 1. The second-order valence-electron chi connectivity index (χ2n) is 10.6. The lowest BCUT2D eigenvalue weighted by Gasteiger charge is -2.31. The summed E-state index contributed by atoms with van der Waals surface area (Å²) in [5.41, 5.74) is -1.12. The number of nitrogens with one attached hydrogen (secondary N) is 1. The van der Waals surface area contributed by atoms with E-state index in [1.807, 2.05) is 5.32 Å². The maximum absolute atomic E-state index is 14.7. The molecule has 2 aromatic heterocycles. The number of aliphatic hydroxyl groups is 1. The number of carbonyl (C=O) groups excluding carboxylic acids is 2. The van der Waals surface area contributed by atoms with Crippen molar-refractivity contribution in [1.29, 1.82) is 0 Å². The number of hydrogen-bond donors (Lipinski definition) is 3. The van der Waals surface area contributed by atoms with Gasteiger partial charge in [0.1, 0.15) is 34.8 Å². The van der Waals surface area contributed by atoms with Crippen molar-refractivity contribution < 1.29 is 50.5 Å². The highest BCUT2D eigenvalue weighted by Gasteiger charge is 2.57.